The van der Waals surface area contributed by atoms with E-state index in [1.165, 1.54) is 0 Å². The molecule has 0 spiro atoms. The molecule has 0 aliphatic rings. The van der Waals surface area contributed by atoms with Crippen LogP contribution >= 0.6 is 0 Å². The van der Waals surface area contributed by atoms with E-state index in [1.807, 2.05) is 25.1 Å². The molecule has 1 amide bonds. The molecule has 0 unspecified atom stereocenters. The number of carbonyl (C=O) groups is 1. The first kappa shape index (κ1) is 23.5. The highest BCUT2D eigenvalue weighted by atomic mass is 28.3. The minimum Gasteiger partial charge on any atom is -0.410 e. The lowest BCUT2D eigenvalue weighted by atomic mass is 10.1. The van der Waals surface area contributed by atoms with Crippen LogP contribution in [0.2, 0.25) is 25.7 Å². The number of nitrogens with zero attached hydrogens (tertiary/aromatic N) is 5. The van der Waals surface area contributed by atoms with Crippen molar-refractivity contribution in [2.24, 2.45) is 0 Å². The van der Waals surface area contributed by atoms with E-state index in [4.69, 9.17) is 9.47 Å². The summed E-state index contributed by atoms with van der Waals surface area (Å²) in [5.41, 5.74) is 2.50. The van der Waals surface area contributed by atoms with Crippen LogP contribution in [-0.2, 0) is 11.5 Å². The summed E-state index contributed by atoms with van der Waals surface area (Å²) in [6.45, 7) is 10.5. The van der Waals surface area contributed by atoms with Gasteiger partial charge in [-0.1, -0.05) is 38.7 Å². The molecule has 2 heterocycles. The summed E-state index contributed by atoms with van der Waals surface area (Å²) in [5.74, 6) is 1.04. The van der Waals surface area contributed by atoms with Crippen molar-refractivity contribution in [1.29, 1.82) is 0 Å². The van der Waals surface area contributed by atoms with Gasteiger partial charge in [-0.25, -0.2) is 4.79 Å². The van der Waals surface area contributed by atoms with Gasteiger partial charge in [0.1, 0.15) is 12.5 Å². The molecule has 9 nitrogen and oxygen atoms in total. The van der Waals surface area contributed by atoms with E-state index in [9.17, 15) is 4.79 Å². The van der Waals surface area contributed by atoms with Crippen LogP contribution in [0.3, 0.4) is 0 Å². The monoisotopic (exact) mass is 454 g/mol. The Morgan fingerprint density at radius 2 is 1.94 bits per heavy atom. The highest BCUT2D eigenvalue weighted by Crippen LogP contribution is 2.26. The van der Waals surface area contributed by atoms with E-state index in [0.717, 1.165) is 29.2 Å². The molecule has 2 aromatic heterocycles. The van der Waals surface area contributed by atoms with Gasteiger partial charge in [-0.3, -0.25) is 4.98 Å². The molecule has 10 heteroatoms. The van der Waals surface area contributed by atoms with Crippen LogP contribution in [0.15, 0.2) is 42.7 Å². The number of carbonyl (C=O) groups excluding carboxylic acids is 1. The van der Waals surface area contributed by atoms with E-state index < -0.39 is 14.2 Å². The third-order valence-corrected chi connectivity index (χ3v) is 6.34. The molecule has 0 aliphatic heterocycles. The second kappa shape index (κ2) is 11.0. The third-order valence-electron chi connectivity index (χ3n) is 4.64. The Morgan fingerprint density at radius 1 is 1.12 bits per heavy atom. The standard InChI is InChI=1S/C22H30N6O3Si/c1-5-9-24-22(29)31-20-8-6-7-17(13-20)18-12-19(15-23-14-18)21-25-26-27-28(21)16-30-10-11-32(2,3)4/h6-8,12-15H,5,9-11,16H2,1-4H3,(H,24,29). The number of hydrogen-bond donors (Lipinski definition) is 1. The van der Waals surface area contributed by atoms with Crippen LogP contribution in [0, 0.1) is 0 Å². The maximum Gasteiger partial charge on any atom is 0.412 e. The van der Waals surface area contributed by atoms with Crippen molar-refractivity contribution < 1.29 is 14.3 Å². The molecule has 1 aromatic carbocycles. The van der Waals surface area contributed by atoms with E-state index in [1.54, 1.807) is 29.2 Å². The van der Waals surface area contributed by atoms with Gasteiger partial charge >= 0.3 is 6.09 Å². The van der Waals surface area contributed by atoms with Gasteiger partial charge in [-0.15, -0.1) is 5.10 Å². The van der Waals surface area contributed by atoms with Crippen molar-refractivity contribution in [2.75, 3.05) is 13.2 Å². The van der Waals surface area contributed by atoms with Gasteiger partial charge in [0.05, 0.1) is 0 Å². The summed E-state index contributed by atoms with van der Waals surface area (Å²) in [5, 5.41) is 14.7. The van der Waals surface area contributed by atoms with E-state index in [0.29, 0.717) is 24.7 Å². The Morgan fingerprint density at radius 3 is 2.72 bits per heavy atom. The van der Waals surface area contributed by atoms with E-state index in [-0.39, 0.29) is 6.73 Å². The van der Waals surface area contributed by atoms with Crippen LogP contribution < -0.4 is 10.1 Å². The molecule has 3 rings (SSSR count). The molecule has 1 N–H and O–H groups in total. The fourth-order valence-electron chi connectivity index (χ4n) is 2.86. The van der Waals surface area contributed by atoms with Gasteiger partial charge in [0.15, 0.2) is 5.82 Å². The van der Waals surface area contributed by atoms with Crippen molar-refractivity contribution in [3.63, 3.8) is 0 Å². The Bertz CT molecular complexity index is 1030. The largest absolute Gasteiger partial charge is 0.412 e. The third kappa shape index (κ3) is 6.96. The zero-order valence-corrected chi connectivity index (χ0v) is 20.0. The van der Waals surface area contributed by atoms with Gasteiger partial charge in [0.2, 0.25) is 0 Å². The summed E-state index contributed by atoms with van der Waals surface area (Å²) in [6.07, 6.45) is 3.84. The highest BCUT2D eigenvalue weighted by molar-refractivity contribution is 6.76. The summed E-state index contributed by atoms with van der Waals surface area (Å²) in [7, 11) is -1.15. The minimum absolute atomic E-state index is 0.285. The Balaban J connectivity index is 1.72. The van der Waals surface area contributed by atoms with Crippen LogP contribution in [0.4, 0.5) is 4.79 Å². The second-order valence-electron chi connectivity index (χ2n) is 8.66. The average Bonchev–Trinajstić information content (AvgIpc) is 3.23. The summed E-state index contributed by atoms with van der Waals surface area (Å²) in [4.78, 5) is 16.2. The number of amides is 1. The van der Waals surface area contributed by atoms with E-state index >= 15 is 0 Å². The molecule has 0 atom stereocenters. The van der Waals surface area contributed by atoms with Gasteiger partial charge in [0.25, 0.3) is 0 Å². The van der Waals surface area contributed by atoms with Crippen molar-refractivity contribution in [3.05, 3.63) is 42.7 Å². The molecule has 3 aromatic rings. The quantitative estimate of drug-likeness (QED) is 0.361. The van der Waals surface area contributed by atoms with Crippen LogP contribution in [0.5, 0.6) is 5.75 Å². The Labute approximate surface area is 189 Å². The Kier molecular flexibility index (Phi) is 8.07. The summed E-state index contributed by atoms with van der Waals surface area (Å²) < 4.78 is 12.8. The molecule has 0 saturated heterocycles. The number of pyridine rings is 1. The number of benzene rings is 1. The van der Waals surface area contributed by atoms with Gasteiger partial charge in [0, 0.05) is 44.7 Å². The predicted molar refractivity (Wildman–Crippen MR) is 125 cm³/mol. The SMILES string of the molecule is CCCNC(=O)Oc1cccc(-c2cncc(-c3nnnn3COCC[Si](C)(C)C)c2)c1. The lowest BCUT2D eigenvalue weighted by Gasteiger charge is -2.15. The first-order valence-electron chi connectivity index (χ1n) is 10.7. The molecule has 0 radical (unpaired) electrons. The molecule has 0 fully saturated rings. The molecule has 32 heavy (non-hydrogen) atoms. The fourth-order valence-corrected chi connectivity index (χ4v) is 3.61. The van der Waals surface area contributed by atoms with Crippen LogP contribution in [0.25, 0.3) is 22.5 Å². The molecule has 170 valence electrons. The smallest absolute Gasteiger partial charge is 0.410 e. The minimum atomic E-state index is -1.15. The molecular formula is C22H30N6O3Si. The number of rotatable bonds is 10. The maximum atomic E-state index is 11.8. The molecule has 0 aliphatic carbocycles. The highest BCUT2D eigenvalue weighted by Gasteiger charge is 2.14. The lowest BCUT2D eigenvalue weighted by molar-refractivity contribution is 0.0784. The maximum absolute atomic E-state index is 11.8. The van der Waals surface area contributed by atoms with Crippen LogP contribution in [-0.4, -0.2) is 52.5 Å². The number of aromatic nitrogens is 5. The number of nitrogens with one attached hydrogen (secondary N) is 1. The van der Waals surface area contributed by atoms with Gasteiger partial charge < -0.3 is 14.8 Å². The van der Waals surface area contributed by atoms with Crippen molar-refractivity contribution >= 4 is 14.2 Å². The average molecular weight is 455 g/mol. The predicted octanol–water partition coefficient (Wildman–Crippen LogP) is 4.21. The first-order valence-corrected chi connectivity index (χ1v) is 14.4. The normalized spacial score (nSPS) is 11.4. The molecule has 0 bridgehead atoms. The van der Waals surface area contributed by atoms with Crippen molar-refractivity contribution in [2.45, 2.75) is 45.8 Å². The second-order valence-corrected chi connectivity index (χ2v) is 14.3. The van der Waals surface area contributed by atoms with Crippen molar-refractivity contribution in [1.82, 2.24) is 30.5 Å². The zero-order valence-electron chi connectivity index (χ0n) is 19.0. The number of tetrazole rings is 1. The van der Waals surface area contributed by atoms with Gasteiger partial charge in [-0.2, -0.15) is 4.68 Å². The topological polar surface area (TPSA) is 104 Å². The first-order chi connectivity index (χ1) is 15.4. The lowest BCUT2D eigenvalue weighted by Crippen LogP contribution is -2.27. The molecular weight excluding hydrogens is 424 g/mol. The summed E-state index contributed by atoms with van der Waals surface area (Å²) in [6, 6.07) is 10.3. The number of ether oxygens (including phenoxy) is 2. The fraction of sp³-hybridized carbons (Fsp3) is 0.409. The van der Waals surface area contributed by atoms with Crippen LogP contribution in [0.1, 0.15) is 13.3 Å². The van der Waals surface area contributed by atoms with E-state index in [2.05, 4.69) is 45.5 Å². The van der Waals surface area contributed by atoms with Crippen molar-refractivity contribution in [3.8, 4) is 28.3 Å². The number of hydrogen-bond acceptors (Lipinski definition) is 7. The zero-order chi connectivity index (χ0) is 23.0. The summed E-state index contributed by atoms with van der Waals surface area (Å²) >= 11 is 0. The Hall–Kier alpha value is -3.11. The van der Waals surface area contributed by atoms with Gasteiger partial charge in [-0.05, 0) is 46.7 Å². The molecule has 0 saturated carbocycles.